The normalized spacial score (nSPS) is 21.8. The summed E-state index contributed by atoms with van der Waals surface area (Å²) in [5.41, 5.74) is 0. The van der Waals surface area contributed by atoms with Crippen LogP contribution in [-0.2, 0) is 0 Å². The van der Waals surface area contributed by atoms with Crippen LogP contribution in [0.25, 0.3) is 0 Å². The predicted molar refractivity (Wildman–Crippen MR) is 43.1 cm³/mol. The Morgan fingerprint density at radius 2 is 2.73 bits per heavy atom. The summed E-state index contributed by atoms with van der Waals surface area (Å²) >= 11 is 0. The molecule has 0 aromatic rings. The summed E-state index contributed by atoms with van der Waals surface area (Å²) in [4.78, 5) is 4.17. The highest BCUT2D eigenvalue weighted by Gasteiger charge is 2.10. The van der Waals surface area contributed by atoms with Crippen molar-refractivity contribution in [3.8, 4) is 6.07 Å². The second kappa shape index (κ2) is 3.81. The van der Waals surface area contributed by atoms with Gasteiger partial charge >= 0.3 is 0 Å². The van der Waals surface area contributed by atoms with Crippen LogP contribution in [0.5, 0.6) is 0 Å². The fourth-order valence-corrected chi connectivity index (χ4v) is 0.897. The first-order chi connectivity index (χ1) is 5.33. The van der Waals surface area contributed by atoms with E-state index in [4.69, 9.17) is 5.26 Å². The quantitative estimate of drug-likeness (QED) is 0.540. The number of aliphatic imine (C=N–C) groups is 1. The number of guanidine groups is 1. The van der Waals surface area contributed by atoms with Crippen LogP contribution >= 0.6 is 0 Å². The van der Waals surface area contributed by atoms with Crippen LogP contribution in [0.4, 0.5) is 0 Å². The van der Waals surface area contributed by atoms with Gasteiger partial charge in [-0.25, -0.2) is 0 Å². The van der Waals surface area contributed by atoms with Gasteiger partial charge in [-0.05, 0) is 6.92 Å². The van der Waals surface area contributed by atoms with E-state index in [1.165, 1.54) is 0 Å². The monoisotopic (exact) mass is 152 g/mol. The van der Waals surface area contributed by atoms with Gasteiger partial charge in [0, 0.05) is 12.6 Å². The summed E-state index contributed by atoms with van der Waals surface area (Å²) in [6.07, 6.45) is 0.523. The Balaban J connectivity index is 2.14. The molecule has 0 saturated heterocycles. The lowest BCUT2D eigenvalue weighted by molar-refractivity contribution is 0.714. The molecule has 1 aliphatic rings. The molecule has 1 aliphatic heterocycles. The number of rotatable bonds is 2. The van der Waals surface area contributed by atoms with Crippen LogP contribution < -0.4 is 10.6 Å². The van der Waals surface area contributed by atoms with Crippen LogP contribution in [0.3, 0.4) is 0 Å². The fourth-order valence-electron chi connectivity index (χ4n) is 0.897. The molecular formula is C7H12N4. The van der Waals surface area contributed by atoms with E-state index in [2.05, 4.69) is 28.6 Å². The summed E-state index contributed by atoms with van der Waals surface area (Å²) in [7, 11) is 0. The van der Waals surface area contributed by atoms with E-state index in [0.29, 0.717) is 19.0 Å². The Morgan fingerprint density at radius 1 is 1.91 bits per heavy atom. The molecular weight excluding hydrogens is 140 g/mol. The molecule has 0 aromatic carbocycles. The Labute approximate surface area is 66.3 Å². The van der Waals surface area contributed by atoms with E-state index in [1.807, 2.05) is 0 Å². The van der Waals surface area contributed by atoms with E-state index in [-0.39, 0.29) is 0 Å². The average molecular weight is 152 g/mol. The molecule has 0 radical (unpaired) electrons. The first kappa shape index (κ1) is 7.86. The van der Waals surface area contributed by atoms with Crippen molar-refractivity contribution in [3.63, 3.8) is 0 Å². The van der Waals surface area contributed by atoms with Crippen LogP contribution in [0.15, 0.2) is 4.99 Å². The van der Waals surface area contributed by atoms with E-state index < -0.39 is 0 Å². The van der Waals surface area contributed by atoms with E-state index in [1.54, 1.807) is 0 Å². The minimum atomic E-state index is 0.430. The maximum absolute atomic E-state index is 8.24. The molecule has 0 amide bonds. The van der Waals surface area contributed by atoms with Crippen molar-refractivity contribution in [2.45, 2.75) is 19.4 Å². The van der Waals surface area contributed by atoms with Gasteiger partial charge in [-0.15, -0.1) is 0 Å². The first-order valence-corrected chi connectivity index (χ1v) is 3.74. The topological polar surface area (TPSA) is 60.2 Å². The van der Waals surface area contributed by atoms with Gasteiger partial charge in [0.05, 0.1) is 19.0 Å². The lowest BCUT2D eigenvalue weighted by atomic mass is 10.4. The Kier molecular flexibility index (Phi) is 2.73. The van der Waals surface area contributed by atoms with Gasteiger partial charge < -0.3 is 10.6 Å². The number of nitrogens with one attached hydrogen (secondary N) is 2. The van der Waals surface area contributed by atoms with Crippen molar-refractivity contribution in [3.05, 3.63) is 0 Å². The van der Waals surface area contributed by atoms with E-state index in [0.717, 1.165) is 12.5 Å². The molecule has 2 N–H and O–H groups in total. The van der Waals surface area contributed by atoms with Gasteiger partial charge in [-0.2, -0.15) is 5.26 Å². The standard InChI is InChI=1S/C7H12N4/c1-6-5-10-7(11-6)9-4-2-3-8/h6H,2,4-5H2,1H3,(H2,9,10,11). The maximum Gasteiger partial charge on any atom is 0.191 e. The minimum Gasteiger partial charge on any atom is -0.355 e. The van der Waals surface area contributed by atoms with Crippen LogP contribution in [0, 0.1) is 11.3 Å². The van der Waals surface area contributed by atoms with Gasteiger partial charge in [0.1, 0.15) is 0 Å². The first-order valence-electron chi connectivity index (χ1n) is 3.74. The zero-order valence-corrected chi connectivity index (χ0v) is 6.59. The SMILES string of the molecule is CC1CN=C(NCCC#N)N1. The maximum atomic E-state index is 8.24. The molecule has 1 unspecified atom stereocenters. The molecule has 1 rings (SSSR count). The predicted octanol–water partition coefficient (Wildman–Crippen LogP) is -0.163. The van der Waals surface area contributed by atoms with Crippen molar-refractivity contribution in [2.75, 3.05) is 13.1 Å². The minimum absolute atomic E-state index is 0.430. The third-order valence-electron chi connectivity index (χ3n) is 1.44. The Bertz CT molecular complexity index is 191. The van der Waals surface area contributed by atoms with E-state index >= 15 is 0 Å². The largest absolute Gasteiger partial charge is 0.355 e. The number of nitrogens with zero attached hydrogens (tertiary/aromatic N) is 2. The van der Waals surface area contributed by atoms with E-state index in [9.17, 15) is 0 Å². The zero-order valence-electron chi connectivity index (χ0n) is 6.59. The van der Waals surface area contributed by atoms with Gasteiger partial charge in [-0.3, -0.25) is 4.99 Å². The second-order valence-corrected chi connectivity index (χ2v) is 2.57. The highest BCUT2D eigenvalue weighted by Crippen LogP contribution is 1.91. The van der Waals surface area contributed by atoms with Crippen molar-refractivity contribution in [1.82, 2.24) is 10.6 Å². The summed E-state index contributed by atoms with van der Waals surface area (Å²) in [5, 5.41) is 14.4. The lowest BCUT2D eigenvalue weighted by Crippen LogP contribution is -2.37. The van der Waals surface area contributed by atoms with Gasteiger partial charge in [0.15, 0.2) is 5.96 Å². The highest BCUT2D eigenvalue weighted by atomic mass is 15.2. The highest BCUT2D eigenvalue weighted by molar-refractivity contribution is 5.81. The number of nitriles is 1. The lowest BCUT2D eigenvalue weighted by Gasteiger charge is -2.05. The summed E-state index contributed by atoms with van der Waals surface area (Å²) in [6.45, 7) is 3.58. The Morgan fingerprint density at radius 3 is 3.27 bits per heavy atom. The van der Waals surface area contributed by atoms with Crippen molar-refractivity contribution >= 4 is 5.96 Å². The second-order valence-electron chi connectivity index (χ2n) is 2.57. The molecule has 0 aromatic heterocycles. The molecule has 0 bridgehead atoms. The molecule has 60 valence electrons. The van der Waals surface area contributed by atoms with Crippen LogP contribution in [0.1, 0.15) is 13.3 Å². The smallest absolute Gasteiger partial charge is 0.191 e. The molecule has 0 spiro atoms. The molecule has 1 heterocycles. The van der Waals surface area contributed by atoms with Crippen molar-refractivity contribution in [2.24, 2.45) is 4.99 Å². The van der Waals surface area contributed by atoms with Gasteiger partial charge in [0.2, 0.25) is 0 Å². The number of hydrogen-bond donors (Lipinski definition) is 2. The Hall–Kier alpha value is -1.24. The fraction of sp³-hybridized carbons (Fsp3) is 0.714. The third-order valence-corrected chi connectivity index (χ3v) is 1.44. The summed E-state index contributed by atoms with van der Waals surface area (Å²) < 4.78 is 0. The third kappa shape index (κ3) is 2.46. The molecule has 11 heavy (non-hydrogen) atoms. The zero-order chi connectivity index (χ0) is 8.10. The average Bonchev–Trinajstić information content (AvgIpc) is 2.37. The van der Waals surface area contributed by atoms with Crippen LogP contribution in [0.2, 0.25) is 0 Å². The summed E-state index contributed by atoms with van der Waals surface area (Å²) in [5.74, 6) is 0.827. The summed E-state index contributed by atoms with van der Waals surface area (Å²) in [6, 6.07) is 2.49. The molecule has 0 fully saturated rings. The molecule has 4 nitrogen and oxygen atoms in total. The van der Waals surface area contributed by atoms with Gasteiger partial charge in [-0.1, -0.05) is 0 Å². The number of hydrogen-bond acceptors (Lipinski definition) is 4. The molecule has 4 heteroatoms. The van der Waals surface area contributed by atoms with Crippen LogP contribution in [-0.4, -0.2) is 25.1 Å². The molecule has 0 aliphatic carbocycles. The molecule has 1 atom stereocenters. The van der Waals surface area contributed by atoms with Crippen molar-refractivity contribution in [1.29, 1.82) is 5.26 Å². The van der Waals surface area contributed by atoms with Gasteiger partial charge in [0.25, 0.3) is 0 Å². The van der Waals surface area contributed by atoms with Crippen molar-refractivity contribution < 1.29 is 0 Å². The molecule has 0 saturated carbocycles.